The van der Waals surface area contributed by atoms with Gasteiger partial charge in [0.2, 0.25) is 0 Å². The molecule has 0 bridgehead atoms. The molecule has 1 atom stereocenters. The maximum Gasteiger partial charge on any atom is 0.303 e. The highest BCUT2D eigenvalue weighted by molar-refractivity contribution is 5.97. The lowest BCUT2D eigenvalue weighted by Gasteiger charge is -2.19. The zero-order valence-electron chi connectivity index (χ0n) is 20.0. The summed E-state index contributed by atoms with van der Waals surface area (Å²) in [6, 6.07) is 27.8. The fraction of sp³-hybridized carbons (Fsp3) is 0.200. The van der Waals surface area contributed by atoms with E-state index >= 15 is 0 Å². The second-order valence-electron chi connectivity index (χ2n) is 8.88. The van der Waals surface area contributed by atoms with E-state index < -0.39 is 5.97 Å². The van der Waals surface area contributed by atoms with Gasteiger partial charge in [-0.2, -0.15) is 0 Å². The number of hydrogen-bond donors (Lipinski definition) is 3. The van der Waals surface area contributed by atoms with Gasteiger partial charge in [-0.15, -0.1) is 0 Å². The van der Waals surface area contributed by atoms with Gasteiger partial charge in [0.05, 0.1) is 6.04 Å². The first-order chi connectivity index (χ1) is 16.9. The molecule has 0 saturated heterocycles. The lowest BCUT2D eigenvalue weighted by molar-refractivity contribution is -0.137. The molecule has 0 aliphatic rings. The molecule has 5 heteroatoms. The van der Waals surface area contributed by atoms with Crippen LogP contribution < -0.4 is 10.6 Å². The van der Waals surface area contributed by atoms with Crippen LogP contribution in [0.15, 0.2) is 84.9 Å². The Balaban J connectivity index is 1.61. The predicted molar refractivity (Wildman–Crippen MR) is 141 cm³/mol. The molecule has 4 rings (SSSR count). The standard InChI is InChI=1S/C30H30N2O3/c1-20-8-5-12-24(18-20)32-25-17-16-23(11-7-15-29(33)34)28(19-25)30(35)31-21(2)26-14-6-10-22-9-3-4-13-27(22)26/h3-6,8-10,12-14,16-19,21,32H,7,11,15H2,1-2H3,(H,31,35)(H,33,34)/t21-/m1/s1. The van der Waals surface area contributed by atoms with Crippen LogP contribution in [0.2, 0.25) is 0 Å². The Bertz CT molecular complexity index is 1360. The first-order valence-corrected chi connectivity index (χ1v) is 11.9. The molecular formula is C30H30N2O3. The van der Waals surface area contributed by atoms with Gasteiger partial charge in [0.1, 0.15) is 0 Å². The average molecular weight is 467 g/mol. The molecule has 5 nitrogen and oxygen atoms in total. The molecule has 0 saturated carbocycles. The molecule has 0 unspecified atom stereocenters. The van der Waals surface area contributed by atoms with E-state index in [1.54, 1.807) is 0 Å². The van der Waals surface area contributed by atoms with Gasteiger partial charge in [-0.1, -0.05) is 60.7 Å². The van der Waals surface area contributed by atoms with Crippen molar-refractivity contribution in [3.63, 3.8) is 0 Å². The van der Waals surface area contributed by atoms with E-state index in [0.29, 0.717) is 18.4 Å². The van der Waals surface area contributed by atoms with Crippen molar-refractivity contribution in [3.8, 4) is 0 Å². The Morgan fingerprint density at radius 1 is 0.886 bits per heavy atom. The highest BCUT2D eigenvalue weighted by Crippen LogP contribution is 2.26. The van der Waals surface area contributed by atoms with Gasteiger partial charge in [0, 0.05) is 23.4 Å². The van der Waals surface area contributed by atoms with E-state index in [1.807, 2.05) is 80.6 Å². The van der Waals surface area contributed by atoms with Crippen LogP contribution in [0, 0.1) is 6.92 Å². The van der Waals surface area contributed by atoms with E-state index in [4.69, 9.17) is 5.11 Å². The van der Waals surface area contributed by atoms with Crippen LogP contribution in [0.1, 0.15) is 52.9 Å². The van der Waals surface area contributed by atoms with Gasteiger partial charge in [-0.3, -0.25) is 9.59 Å². The minimum Gasteiger partial charge on any atom is -0.481 e. The summed E-state index contributed by atoms with van der Waals surface area (Å²) in [7, 11) is 0. The van der Waals surface area contributed by atoms with Crippen LogP contribution in [-0.2, 0) is 11.2 Å². The Hall–Kier alpha value is -4.12. The summed E-state index contributed by atoms with van der Waals surface area (Å²) in [6.07, 6.45) is 1.05. The molecule has 3 N–H and O–H groups in total. The normalized spacial score (nSPS) is 11.7. The molecule has 4 aromatic carbocycles. The Kier molecular flexibility index (Phi) is 7.46. The number of carbonyl (C=O) groups excluding carboxylic acids is 1. The maximum absolute atomic E-state index is 13.5. The minimum atomic E-state index is -0.835. The van der Waals surface area contributed by atoms with Crippen molar-refractivity contribution in [2.45, 2.75) is 39.2 Å². The molecular weight excluding hydrogens is 436 g/mol. The largest absolute Gasteiger partial charge is 0.481 e. The number of fused-ring (bicyclic) bond motifs is 1. The molecule has 4 aromatic rings. The summed E-state index contributed by atoms with van der Waals surface area (Å²) >= 11 is 0. The summed E-state index contributed by atoms with van der Waals surface area (Å²) in [4.78, 5) is 24.5. The van der Waals surface area contributed by atoms with E-state index in [0.717, 1.165) is 38.8 Å². The van der Waals surface area contributed by atoms with Crippen LogP contribution in [-0.4, -0.2) is 17.0 Å². The van der Waals surface area contributed by atoms with Crippen molar-refractivity contribution in [3.05, 3.63) is 107 Å². The second-order valence-corrected chi connectivity index (χ2v) is 8.88. The third-order valence-electron chi connectivity index (χ3n) is 6.14. The number of nitrogens with one attached hydrogen (secondary N) is 2. The van der Waals surface area contributed by atoms with E-state index in [2.05, 4.69) is 28.8 Å². The monoisotopic (exact) mass is 466 g/mol. The third kappa shape index (κ3) is 6.07. The molecule has 0 aromatic heterocycles. The molecule has 0 spiro atoms. The minimum absolute atomic E-state index is 0.0662. The first kappa shape index (κ1) is 24.0. The van der Waals surface area contributed by atoms with Crippen molar-refractivity contribution in [1.82, 2.24) is 5.32 Å². The fourth-order valence-electron chi connectivity index (χ4n) is 4.38. The van der Waals surface area contributed by atoms with E-state index in [-0.39, 0.29) is 18.4 Å². The molecule has 0 aliphatic heterocycles. The SMILES string of the molecule is Cc1cccc(Nc2ccc(CCCC(=O)O)c(C(=O)N[C@H](C)c3cccc4ccccc34)c2)c1. The number of anilines is 2. The maximum atomic E-state index is 13.5. The fourth-order valence-corrected chi connectivity index (χ4v) is 4.38. The number of carboxylic acids is 1. The number of carbonyl (C=O) groups is 2. The average Bonchev–Trinajstić information content (AvgIpc) is 2.84. The lowest BCUT2D eigenvalue weighted by Crippen LogP contribution is -2.28. The summed E-state index contributed by atoms with van der Waals surface area (Å²) < 4.78 is 0. The number of carboxylic acid groups (broad SMARTS) is 1. The highest BCUT2D eigenvalue weighted by Gasteiger charge is 2.17. The van der Waals surface area contributed by atoms with Crippen LogP contribution in [0.3, 0.4) is 0 Å². The van der Waals surface area contributed by atoms with Gasteiger partial charge in [0.15, 0.2) is 0 Å². The summed E-state index contributed by atoms with van der Waals surface area (Å²) in [6.45, 7) is 4.02. The number of amides is 1. The van der Waals surface area contributed by atoms with E-state index in [9.17, 15) is 9.59 Å². The van der Waals surface area contributed by atoms with Gasteiger partial charge in [-0.05, 0) is 78.4 Å². The number of rotatable bonds is 9. The number of benzene rings is 4. The molecule has 1 amide bonds. The zero-order valence-corrected chi connectivity index (χ0v) is 20.0. The number of aryl methyl sites for hydroxylation is 2. The third-order valence-corrected chi connectivity index (χ3v) is 6.14. The Morgan fingerprint density at radius 3 is 2.43 bits per heavy atom. The number of hydrogen-bond acceptors (Lipinski definition) is 3. The van der Waals surface area contributed by atoms with Crippen molar-refractivity contribution < 1.29 is 14.7 Å². The van der Waals surface area contributed by atoms with Crippen LogP contribution in [0.25, 0.3) is 10.8 Å². The van der Waals surface area contributed by atoms with Crippen molar-refractivity contribution in [2.75, 3.05) is 5.32 Å². The summed E-state index contributed by atoms with van der Waals surface area (Å²) in [5.41, 5.74) is 5.34. The topological polar surface area (TPSA) is 78.4 Å². The van der Waals surface area contributed by atoms with Crippen molar-refractivity contribution >= 4 is 34.0 Å². The van der Waals surface area contributed by atoms with Gasteiger partial charge < -0.3 is 15.7 Å². The van der Waals surface area contributed by atoms with E-state index in [1.165, 1.54) is 0 Å². The van der Waals surface area contributed by atoms with Gasteiger partial charge in [-0.25, -0.2) is 0 Å². The smallest absolute Gasteiger partial charge is 0.303 e. The van der Waals surface area contributed by atoms with Crippen LogP contribution in [0.5, 0.6) is 0 Å². The molecule has 0 fully saturated rings. The Morgan fingerprint density at radius 2 is 1.63 bits per heavy atom. The van der Waals surface area contributed by atoms with Gasteiger partial charge in [0.25, 0.3) is 5.91 Å². The Labute approximate surface area is 205 Å². The highest BCUT2D eigenvalue weighted by atomic mass is 16.4. The lowest BCUT2D eigenvalue weighted by atomic mass is 9.97. The first-order valence-electron chi connectivity index (χ1n) is 11.9. The second kappa shape index (κ2) is 10.9. The zero-order chi connectivity index (χ0) is 24.8. The predicted octanol–water partition coefficient (Wildman–Crippen LogP) is 6.79. The molecule has 0 radical (unpaired) electrons. The molecule has 0 heterocycles. The van der Waals surface area contributed by atoms with Crippen LogP contribution in [0.4, 0.5) is 11.4 Å². The molecule has 35 heavy (non-hydrogen) atoms. The summed E-state index contributed by atoms with van der Waals surface area (Å²) in [5.74, 6) is -1.01. The molecule has 0 aliphatic carbocycles. The quantitative estimate of drug-likeness (QED) is 0.254. The summed E-state index contributed by atoms with van der Waals surface area (Å²) in [5, 5.41) is 17.8. The van der Waals surface area contributed by atoms with Crippen LogP contribution >= 0.6 is 0 Å². The molecule has 178 valence electrons. The number of aliphatic carboxylic acids is 1. The van der Waals surface area contributed by atoms with Crippen molar-refractivity contribution in [2.24, 2.45) is 0 Å². The van der Waals surface area contributed by atoms with Gasteiger partial charge >= 0.3 is 5.97 Å². The van der Waals surface area contributed by atoms with Crippen molar-refractivity contribution in [1.29, 1.82) is 0 Å².